The lowest BCUT2D eigenvalue weighted by Gasteiger charge is -2.18. The highest BCUT2D eigenvalue weighted by atomic mass is 35.5. The molecule has 1 aliphatic rings. The molecule has 1 N–H and O–H groups in total. The number of piperidine rings is 1. The summed E-state index contributed by atoms with van der Waals surface area (Å²) in [6.45, 7) is 0.894. The fourth-order valence-electron chi connectivity index (χ4n) is 2.63. The number of nitro benzene ring substituents is 1. The van der Waals surface area contributed by atoms with Crippen LogP contribution in [0.3, 0.4) is 0 Å². The molecule has 2 aromatic carbocycles. The lowest BCUT2D eigenvalue weighted by molar-refractivity contribution is -0.384. The van der Waals surface area contributed by atoms with E-state index in [9.17, 15) is 14.9 Å². The number of Topliss-reactive ketones (excluding diaryl/α,β-unsaturated/α-hetero) is 1. The van der Waals surface area contributed by atoms with Crippen molar-refractivity contribution in [2.75, 3.05) is 13.1 Å². The molecule has 0 unspecified atom stereocenters. The van der Waals surface area contributed by atoms with Crippen LogP contribution < -0.4 is 5.32 Å². The summed E-state index contributed by atoms with van der Waals surface area (Å²) in [6, 6.07) is 11.3. The van der Waals surface area contributed by atoms with Crippen LogP contribution in [0.1, 0.15) is 11.1 Å². The number of carbonyl (C=O) groups is 1. The van der Waals surface area contributed by atoms with Crippen LogP contribution in [0.15, 0.2) is 53.6 Å². The number of benzene rings is 2. The van der Waals surface area contributed by atoms with Gasteiger partial charge in [-0.25, -0.2) is 0 Å². The molecule has 0 spiro atoms. The third kappa shape index (κ3) is 4.19. The first-order chi connectivity index (χ1) is 12.4. The zero-order valence-corrected chi connectivity index (χ0v) is 15.1. The number of non-ortho nitro benzene ring substituents is 1. The summed E-state index contributed by atoms with van der Waals surface area (Å²) in [7, 11) is 0. The Labute approximate surface area is 160 Å². The van der Waals surface area contributed by atoms with Gasteiger partial charge in [0.05, 0.1) is 15.0 Å². The van der Waals surface area contributed by atoms with E-state index in [2.05, 4.69) is 5.32 Å². The number of nitrogens with zero attached hydrogens (tertiary/aromatic N) is 1. The first kappa shape index (κ1) is 18.3. The van der Waals surface area contributed by atoms with Crippen LogP contribution in [0.4, 0.5) is 5.69 Å². The van der Waals surface area contributed by atoms with E-state index in [1.165, 1.54) is 12.1 Å². The predicted octanol–water partition coefficient (Wildman–Crippen LogP) is 4.54. The fourth-order valence-corrected chi connectivity index (χ4v) is 2.94. The number of nitrogens with one attached hydrogen (secondary N) is 1. The molecule has 0 radical (unpaired) electrons. The Morgan fingerprint density at radius 1 is 0.923 bits per heavy atom. The Morgan fingerprint density at radius 3 is 2.08 bits per heavy atom. The second-order valence-corrected chi connectivity index (χ2v) is 6.61. The van der Waals surface area contributed by atoms with Crippen molar-refractivity contribution >= 4 is 46.8 Å². The number of hydrogen-bond donors (Lipinski definition) is 1. The van der Waals surface area contributed by atoms with Gasteiger partial charge in [-0.3, -0.25) is 14.9 Å². The number of nitro groups is 1. The van der Waals surface area contributed by atoms with Crippen LogP contribution >= 0.6 is 23.2 Å². The van der Waals surface area contributed by atoms with Gasteiger partial charge in [-0.1, -0.05) is 29.3 Å². The van der Waals surface area contributed by atoms with Crippen LogP contribution in [0, 0.1) is 10.1 Å². The Morgan fingerprint density at radius 2 is 1.50 bits per heavy atom. The van der Waals surface area contributed by atoms with Gasteiger partial charge in [-0.2, -0.15) is 0 Å². The summed E-state index contributed by atoms with van der Waals surface area (Å²) in [5.41, 5.74) is 2.75. The normalized spacial score (nSPS) is 17.7. The van der Waals surface area contributed by atoms with Crippen molar-refractivity contribution in [1.82, 2.24) is 5.32 Å². The summed E-state index contributed by atoms with van der Waals surface area (Å²) in [5.74, 6) is -0.0619. The molecular formula is C19H14Cl2N2O3. The van der Waals surface area contributed by atoms with E-state index >= 15 is 0 Å². The van der Waals surface area contributed by atoms with Gasteiger partial charge < -0.3 is 5.32 Å². The fraction of sp³-hybridized carbons (Fsp3) is 0.105. The Bertz CT molecular complexity index is 934. The molecule has 3 rings (SSSR count). The topological polar surface area (TPSA) is 72.2 Å². The maximum absolute atomic E-state index is 12.7. The van der Waals surface area contributed by atoms with Gasteiger partial charge in [0.25, 0.3) is 5.69 Å². The third-order valence-electron chi connectivity index (χ3n) is 3.94. The monoisotopic (exact) mass is 388 g/mol. The lowest BCUT2D eigenvalue weighted by Crippen LogP contribution is -2.32. The van der Waals surface area contributed by atoms with Crippen LogP contribution in [-0.4, -0.2) is 23.8 Å². The molecule has 132 valence electrons. The van der Waals surface area contributed by atoms with Crippen molar-refractivity contribution in [3.8, 4) is 0 Å². The Hall–Kier alpha value is -2.47. The highest BCUT2D eigenvalue weighted by molar-refractivity contribution is 6.42. The molecule has 1 saturated heterocycles. The van der Waals surface area contributed by atoms with E-state index in [0.29, 0.717) is 34.3 Å². The van der Waals surface area contributed by atoms with Gasteiger partial charge in [-0.15, -0.1) is 0 Å². The van der Waals surface area contributed by atoms with Crippen molar-refractivity contribution in [3.63, 3.8) is 0 Å². The highest BCUT2D eigenvalue weighted by Crippen LogP contribution is 2.25. The maximum Gasteiger partial charge on any atom is 0.269 e. The maximum atomic E-state index is 12.7. The molecule has 2 aromatic rings. The minimum Gasteiger partial charge on any atom is -0.308 e. The largest absolute Gasteiger partial charge is 0.308 e. The number of halogens is 2. The molecule has 26 heavy (non-hydrogen) atoms. The number of ketones is 1. The van der Waals surface area contributed by atoms with Crippen LogP contribution in [0.25, 0.3) is 12.2 Å². The molecular weight excluding hydrogens is 375 g/mol. The molecule has 0 bridgehead atoms. The average molecular weight is 389 g/mol. The third-order valence-corrected chi connectivity index (χ3v) is 4.68. The summed E-state index contributed by atoms with van der Waals surface area (Å²) in [4.78, 5) is 23.0. The van der Waals surface area contributed by atoms with Crippen molar-refractivity contribution in [2.24, 2.45) is 0 Å². The van der Waals surface area contributed by atoms with Crippen molar-refractivity contribution in [3.05, 3.63) is 84.9 Å². The van der Waals surface area contributed by atoms with E-state index in [0.717, 1.165) is 11.1 Å². The molecule has 0 atom stereocenters. The second kappa shape index (κ2) is 7.83. The zero-order chi connectivity index (χ0) is 18.7. The lowest BCUT2D eigenvalue weighted by atomic mass is 9.95. The summed E-state index contributed by atoms with van der Waals surface area (Å²) in [5, 5.41) is 14.8. The van der Waals surface area contributed by atoms with E-state index in [-0.39, 0.29) is 11.5 Å². The van der Waals surface area contributed by atoms with E-state index in [4.69, 9.17) is 23.2 Å². The minimum atomic E-state index is -0.456. The summed E-state index contributed by atoms with van der Waals surface area (Å²) >= 11 is 11.9. The quantitative estimate of drug-likeness (QED) is 0.475. The van der Waals surface area contributed by atoms with Gasteiger partial charge in [0.15, 0.2) is 5.78 Å². The summed E-state index contributed by atoms with van der Waals surface area (Å²) in [6.07, 6.45) is 3.52. The first-order valence-electron chi connectivity index (χ1n) is 7.80. The van der Waals surface area contributed by atoms with Crippen molar-refractivity contribution in [1.29, 1.82) is 0 Å². The highest BCUT2D eigenvalue weighted by Gasteiger charge is 2.20. The molecule has 5 nitrogen and oxygen atoms in total. The average Bonchev–Trinajstić information content (AvgIpc) is 2.62. The zero-order valence-electron chi connectivity index (χ0n) is 13.5. The predicted molar refractivity (Wildman–Crippen MR) is 103 cm³/mol. The smallest absolute Gasteiger partial charge is 0.269 e. The van der Waals surface area contributed by atoms with Gasteiger partial charge in [0.2, 0.25) is 0 Å². The molecule has 0 saturated carbocycles. The second-order valence-electron chi connectivity index (χ2n) is 5.79. The summed E-state index contributed by atoms with van der Waals surface area (Å²) < 4.78 is 0. The molecule has 1 heterocycles. The van der Waals surface area contributed by atoms with Crippen LogP contribution in [0.2, 0.25) is 10.0 Å². The van der Waals surface area contributed by atoms with Gasteiger partial charge in [0, 0.05) is 36.4 Å². The Kier molecular flexibility index (Phi) is 5.52. The van der Waals surface area contributed by atoms with Gasteiger partial charge >= 0.3 is 0 Å². The standard InChI is InChI=1S/C19H14Cl2N2O3/c20-17-6-3-13(9-18(17)21)8-15-11-22-10-14(19(15)24)7-12-1-4-16(5-2-12)23(25)26/h1-9,22H,10-11H2/b14-7+,15-8+. The molecule has 1 fully saturated rings. The molecule has 1 aliphatic heterocycles. The number of carbonyl (C=O) groups excluding carboxylic acids is 1. The van der Waals surface area contributed by atoms with Crippen molar-refractivity contribution in [2.45, 2.75) is 0 Å². The molecule has 0 amide bonds. The SMILES string of the molecule is O=C1/C(=C/c2ccc([N+](=O)[O-])cc2)CNC/C1=C\c1ccc(Cl)c(Cl)c1. The number of rotatable bonds is 3. The van der Waals surface area contributed by atoms with Crippen molar-refractivity contribution < 1.29 is 9.72 Å². The number of hydrogen-bond acceptors (Lipinski definition) is 4. The molecule has 0 aliphatic carbocycles. The van der Waals surface area contributed by atoms with E-state index < -0.39 is 4.92 Å². The first-order valence-corrected chi connectivity index (χ1v) is 8.56. The van der Waals surface area contributed by atoms with Crippen LogP contribution in [0.5, 0.6) is 0 Å². The minimum absolute atomic E-state index is 0.0143. The van der Waals surface area contributed by atoms with E-state index in [1.807, 2.05) is 0 Å². The van der Waals surface area contributed by atoms with Gasteiger partial charge in [0.1, 0.15) is 0 Å². The molecule has 0 aromatic heterocycles. The van der Waals surface area contributed by atoms with Gasteiger partial charge in [-0.05, 0) is 47.5 Å². The van der Waals surface area contributed by atoms with E-state index in [1.54, 1.807) is 42.5 Å². The van der Waals surface area contributed by atoms with Crippen LogP contribution in [-0.2, 0) is 4.79 Å². The molecule has 7 heteroatoms. The Balaban J connectivity index is 1.85.